The van der Waals surface area contributed by atoms with Crippen LogP contribution >= 0.6 is 0 Å². The largest absolute Gasteiger partial charge is 0.490 e. The minimum Gasteiger partial charge on any atom is -0.490 e. The predicted octanol–water partition coefficient (Wildman–Crippen LogP) is 2.03. The summed E-state index contributed by atoms with van der Waals surface area (Å²) < 4.78 is 5.58. The van der Waals surface area contributed by atoms with Crippen LogP contribution in [0.5, 0.6) is 5.75 Å². The molecule has 1 saturated heterocycles. The fourth-order valence-electron chi connectivity index (χ4n) is 2.15. The van der Waals surface area contributed by atoms with Gasteiger partial charge in [-0.05, 0) is 51.9 Å². The van der Waals surface area contributed by atoms with E-state index in [0.29, 0.717) is 6.61 Å². The van der Waals surface area contributed by atoms with Gasteiger partial charge in [0.25, 0.3) is 0 Å². The molecule has 0 unspecified atom stereocenters. The fraction of sp³-hybridized carbons (Fsp3) is 0.615. The Hall–Kier alpha value is -1.29. The van der Waals surface area contributed by atoms with Crippen molar-refractivity contribution in [1.29, 1.82) is 0 Å². The van der Waals surface area contributed by atoms with Crippen LogP contribution in [0.15, 0.2) is 18.3 Å². The maximum atomic E-state index is 5.58. The van der Waals surface area contributed by atoms with E-state index in [9.17, 15) is 0 Å². The molecule has 0 radical (unpaired) electrons. The molecule has 2 N–H and O–H groups in total. The first kappa shape index (κ1) is 12.2. The van der Waals surface area contributed by atoms with Crippen LogP contribution in [0.2, 0.25) is 0 Å². The molecule has 0 bridgehead atoms. The van der Waals surface area contributed by atoms with Crippen molar-refractivity contribution in [3.63, 3.8) is 0 Å². The van der Waals surface area contributed by atoms with E-state index < -0.39 is 0 Å². The Morgan fingerprint density at radius 3 is 2.94 bits per heavy atom. The van der Waals surface area contributed by atoms with Crippen molar-refractivity contribution < 1.29 is 4.74 Å². The Bertz CT molecular complexity index is 361. The van der Waals surface area contributed by atoms with Gasteiger partial charge in [0.15, 0.2) is 11.6 Å². The number of anilines is 1. The van der Waals surface area contributed by atoms with Gasteiger partial charge >= 0.3 is 0 Å². The molecule has 0 aromatic carbocycles. The lowest BCUT2D eigenvalue weighted by atomic mass is 9.90. The maximum absolute atomic E-state index is 5.58. The van der Waals surface area contributed by atoms with Gasteiger partial charge < -0.3 is 15.4 Å². The number of ether oxygens (including phenoxy) is 1. The molecule has 0 amide bonds. The normalized spacial score (nSPS) is 18.7. The molecule has 2 heterocycles. The Morgan fingerprint density at radius 2 is 2.24 bits per heavy atom. The standard InChI is InChI=1S/C13H21N3O/c1-3-17-11-5-4-8-15-12(11)16-13(2)6-9-14-10-7-13/h4-5,8,14H,3,6-7,9-10H2,1-2H3,(H,15,16). The summed E-state index contributed by atoms with van der Waals surface area (Å²) in [6.45, 7) is 7.01. The highest BCUT2D eigenvalue weighted by Gasteiger charge is 2.27. The van der Waals surface area contributed by atoms with E-state index in [4.69, 9.17) is 4.74 Å². The number of rotatable bonds is 4. The minimum atomic E-state index is 0.117. The van der Waals surface area contributed by atoms with Gasteiger partial charge in [0.05, 0.1) is 6.61 Å². The number of aromatic nitrogens is 1. The molecule has 1 aromatic heterocycles. The number of nitrogens with zero attached hydrogens (tertiary/aromatic N) is 1. The molecule has 1 fully saturated rings. The second kappa shape index (κ2) is 5.36. The fourth-order valence-corrected chi connectivity index (χ4v) is 2.15. The van der Waals surface area contributed by atoms with E-state index in [1.807, 2.05) is 19.1 Å². The second-order valence-corrected chi connectivity index (χ2v) is 4.72. The number of hydrogen-bond acceptors (Lipinski definition) is 4. The van der Waals surface area contributed by atoms with E-state index in [0.717, 1.165) is 37.5 Å². The molecule has 0 spiro atoms. The van der Waals surface area contributed by atoms with Crippen molar-refractivity contribution in [2.24, 2.45) is 0 Å². The number of hydrogen-bond donors (Lipinski definition) is 2. The lowest BCUT2D eigenvalue weighted by molar-refractivity contribution is 0.333. The van der Waals surface area contributed by atoms with Gasteiger partial charge in [0.2, 0.25) is 0 Å². The van der Waals surface area contributed by atoms with Crippen LogP contribution in [0.25, 0.3) is 0 Å². The monoisotopic (exact) mass is 235 g/mol. The SMILES string of the molecule is CCOc1cccnc1NC1(C)CCNCC1. The summed E-state index contributed by atoms with van der Waals surface area (Å²) in [5.41, 5.74) is 0.117. The first-order valence-electron chi connectivity index (χ1n) is 6.30. The highest BCUT2D eigenvalue weighted by atomic mass is 16.5. The van der Waals surface area contributed by atoms with Crippen LogP contribution in [0.3, 0.4) is 0 Å². The quantitative estimate of drug-likeness (QED) is 0.838. The lowest BCUT2D eigenvalue weighted by Crippen LogP contribution is -2.45. The molecule has 4 heteroatoms. The van der Waals surface area contributed by atoms with E-state index in [1.165, 1.54) is 0 Å². The lowest BCUT2D eigenvalue weighted by Gasteiger charge is -2.35. The minimum absolute atomic E-state index is 0.117. The molecule has 17 heavy (non-hydrogen) atoms. The summed E-state index contributed by atoms with van der Waals surface area (Å²) in [6, 6.07) is 3.87. The Morgan fingerprint density at radius 1 is 1.47 bits per heavy atom. The Balaban J connectivity index is 2.11. The average Bonchev–Trinajstić information content (AvgIpc) is 2.32. The van der Waals surface area contributed by atoms with Crippen LogP contribution in [-0.2, 0) is 0 Å². The van der Waals surface area contributed by atoms with Crippen LogP contribution in [-0.4, -0.2) is 30.2 Å². The zero-order valence-electron chi connectivity index (χ0n) is 10.6. The molecular formula is C13H21N3O. The summed E-state index contributed by atoms with van der Waals surface area (Å²) in [4.78, 5) is 4.38. The summed E-state index contributed by atoms with van der Waals surface area (Å²) >= 11 is 0. The third-order valence-electron chi connectivity index (χ3n) is 3.20. The summed E-state index contributed by atoms with van der Waals surface area (Å²) in [7, 11) is 0. The summed E-state index contributed by atoms with van der Waals surface area (Å²) in [5, 5.41) is 6.91. The van der Waals surface area contributed by atoms with Crippen molar-refractivity contribution in [2.75, 3.05) is 25.0 Å². The molecule has 2 rings (SSSR count). The van der Waals surface area contributed by atoms with Crippen LogP contribution < -0.4 is 15.4 Å². The van der Waals surface area contributed by atoms with Gasteiger partial charge in [-0.1, -0.05) is 0 Å². The zero-order valence-corrected chi connectivity index (χ0v) is 10.6. The Labute approximate surface area is 103 Å². The smallest absolute Gasteiger partial charge is 0.169 e. The van der Waals surface area contributed by atoms with Gasteiger partial charge in [-0.3, -0.25) is 0 Å². The molecule has 1 aliphatic rings. The molecule has 1 aromatic rings. The molecule has 0 saturated carbocycles. The first-order chi connectivity index (χ1) is 8.23. The average molecular weight is 235 g/mol. The Kier molecular flexibility index (Phi) is 3.84. The van der Waals surface area contributed by atoms with E-state index in [2.05, 4.69) is 22.5 Å². The third-order valence-corrected chi connectivity index (χ3v) is 3.20. The highest BCUT2D eigenvalue weighted by Crippen LogP contribution is 2.28. The van der Waals surface area contributed by atoms with Crippen molar-refractivity contribution >= 4 is 5.82 Å². The van der Waals surface area contributed by atoms with E-state index in [1.54, 1.807) is 6.20 Å². The van der Waals surface area contributed by atoms with Crippen LogP contribution in [0, 0.1) is 0 Å². The van der Waals surface area contributed by atoms with Gasteiger partial charge in [0.1, 0.15) is 0 Å². The first-order valence-corrected chi connectivity index (χ1v) is 6.30. The summed E-state index contributed by atoms with van der Waals surface area (Å²) in [6.07, 6.45) is 4.01. The van der Waals surface area contributed by atoms with Gasteiger partial charge in [-0.25, -0.2) is 4.98 Å². The highest BCUT2D eigenvalue weighted by molar-refractivity contribution is 5.51. The van der Waals surface area contributed by atoms with Gasteiger partial charge in [-0.2, -0.15) is 0 Å². The maximum Gasteiger partial charge on any atom is 0.169 e. The van der Waals surface area contributed by atoms with Gasteiger partial charge in [0, 0.05) is 11.7 Å². The van der Waals surface area contributed by atoms with E-state index in [-0.39, 0.29) is 5.54 Å². The summed E-state index contributed by atoms with van der Waals surface area (Å²) in [5.74, 6) is 1.70. The zero-order chi connectivity index (χ0) is 12.1. The van der Waals surface area contributed by atoms with Crippen molar-refractivity contribution in [1.82, 2.24) is 10.3 Å². The molecule has 94 valence electrons. The number of piperidine rings is 1. The van der Waals surface area contributed by atoms with Gasteiger partial charge in [-0.15, -0.1) is 0 Å². The molecule has 0 atom stereocenters. The van der Waals surface area contributed by atoms with Crippen molar-refractivity contribution in [3.8, 4) is 5.75 Å². The molecule has 1 aliphatic heterocycles. The van der Waals surface area contributed by atoms with Crippen molar-refractivity contribution in [2.45, 2.75) is 32.2 Å². The predicted molar refractivity (Wildman–Crippen MR) is 69.5 cm³/mol. The second-order valence-electron chi connectivity index (χ2n) is 4.72. The number of nitrogens with one attached hydrogen (secondary N) is 2. The molecular weight excluding hydrogens is 214 g/mol. The molecule has 4 nitrogen and oxygen atoms in total. The third kappa shape index (κ3) is 3.09. The van der Waals surface area contributed by atoms with Crippen molar-refractivity contribution in [3.05, 3.63) is 18.3 Å². The van der Waals surface area contributed by atoms with Crippen LogP contribution in [0.4, 0.5) is 5.82 Å². The number of pyridine rings is 1. The van der Waals surface area contributed by atoms with E-state index >= 15 is 0 Å². The topological polar surface area (TPSA) is 46.2 Å². The van der Waals surface area contributed by atoms with Crippen LogP contribution in [0.1, 0.15) is 26.7 Å². The molecule has 0 aliphatic carbocycles.